The average molecular weight is 394 g/mol. The molecule has 0 N–H and O–H groups in total. The minimum absolute atomic E-state index is 0.00532. The van der Waals surface area contributed by atoms with Gasteiger partial charge in [0.25, 0.3) is 5.91 Å². The summed E-state index contributed by atoms with van der Waals surface area (Å²) in [6.07, 6.45) is 6.57. The lowest BCUT2D eigenvalue weighted by Crippen LogP contribution is -2.77. The number of hydrazine groups is 1. The zero-order valence-electron chi connectivity index (χ0n) is 16.6. The first-order chi connectivity index (χ1) is 13.2. The van der Waals surface area contributed by atoms with Gasteiger partial charge in [-0.1, -0.05) is 18.2 Å². The molecule has 4 aliphatic carbocycles. The molecule has 3 nitrogen and oxygen atoms in total. The van der Waals surface area contributed by atoms with Crippen LogP contribution >= 0.6 is 0 Å². The Morgan fingerprint density at radius 2 is 1.86 bits per heavy atom. The smallest absolute Gasteiger partial charge is 0.271 e. The van der Waals surface area contributed by atoms with Gasteiger partial charge in [0.05, 0.1) is 12.0 Å². The summed E-state index contributed by atoms with van der Waals surface area (Å²) < 4.78 is 38.7. The predicted octanol–water partition coefficient (Wildman–Crippen LogP) is 4.71. The molecule has 6 atom stereocenters. The number of hydrogen-bond donors (Lipinski definition) is 0. The second kappa shape index (κ2) is 6.10. The third-order valence-electron chi connectivity index (χ3n) is 8.25. The first-order valence-electron chi connectivity index (χ1n) is 10.7. The molecule has 28 heavy (non-hydrogen) atoms. The highest BCUT2D eigenvalue weighted by molar-refractivity contribution is 5.90. The van der Waals surface area contributed by atoms with Crippen molar-refractivity contribution >= 4 is 5.91 Å². The number of fused-ring (bicyclic) bond motifs is 1. The van der Waals surface area contributed by atoms with Crippen LogP contribution in [0.25, 0.3) is 0 Å². The van der Waals surface area contributed by atoms with Gasteiger partial charge in [0, 0.05) is 6.54 Å². The summed E-state index contributed by atoms with van der Waals surface area (Å²) in [5.74, 6) is 2.00. The van der Waals surface area contributed by atoms with Crippen molar-refractivity contribution in [2.24, 2.45) is 29.6 Å². The van der Waals surface area contributed by atoms with E-state index < -0.39 is 17.6 Å². The van der Waals surface area contributed by atoms with Crippen molar-refractivity contribution < 1.29 is 18.0 Å². The lowest BCUT2D eigenvalue weighted by Gasteiger charge is -2.59. The number of carbonyl (C=O) groups excluding carboxylic acids is 1. The Balaban J connectivity index is 1.31. The quantitative estimate of drug-likeness (QED) is 0.692. The van der Waals surface area contributed by atoms with E-state index in [9.17, 15) is 18.0 Å². The fourth-order valence-corrected chi connectivity index (χ4v) is 6.53. The summed E-state index contributed by atoms with van der Waals surface area (Å²) in [5.41, 5.74) is 0.301. The first kappa shape index (κ1) is 18.7. The highest BCUT2D eigenvalue weighted by atomic mass is 19.4. The van der Waals surface area contributed by atoms with Crippen LogP contribution in [0.2, 0.25) is 0 Å². The minimum Gasteiger partial charge on any atom is -0.271 e. The van der Waals surface area contributed by atoms with Gasteiger partial charge in [0.1, 0.15) is 5.54 Å². The standard InChI is InChI=1S/C22H29F3N2O/c1-21(2)20(28)27(19-8-5-14-9-15-10-16(19)11-18(14)15)26(21)12-13-3-6-17(7-4-13)22(23,24)25/h3-4,6,14-19H,5,7-12H2,1-2H3. The molecule has 1 saturated heterocycles. The van der Waals surface area contributed by atoms with Crippen molar-refractivity contribution in [1.82, 2.24) is 10.0 Å². The Morgan fingerprint density at radius 1 is 1.11 bits per heavy atom. The molecule has 2 bridgehead atoms. The zero-order chi connectivity index (χ0) is 19.8. The number of amides is 1. The Bertz CT molecular complexity index is 741. The van der Waals surface area contributed by atoms with E-state index in [1.54, 1.807) is 12.2 Å². The molecule has 0 aromatic carbocycles. The van der Waals surface area contributed by atoms with Crippen LogP contribution in [0.4, 0.5) is 13.2 Å². The van der Waals surface area contributed by atoms with Crippen molar-refractivity contribution in [3.05, 3.63) is 23.8 Å². The van der Waals surface area contributed by atoms with E-state index in [2.05, 4.69) is 5.01 Å². The van der Waals surface area contributed by atoms with E-state index in [0.29, 0.717) is 12.5 Å². The Labute approximate surface area is 164 Å². The van der Waals surface area contributed by atoms with Gasteiger partial charge in [-0.25, -0.2) is 0 Å². The molecule has 6 unspecified atom stereocenters. The third-order valence-corrected chi connectivity index (χ3v) is 8.25. The maximum atomic E-state index is 13.0. The molecule has 0 radical (unpaired) electrons. The second-order valence-corrected chi connectivity index (χ2v) is 10.1. The molecule has 4 fully saturated rings. The molecular formula is C22H29F3N2O. The van der Waals surface area contributed by atoms with E-state index in [0.717, 1.165) is 29.7 Å². The monoisotopic (exact) mass is 394 g/mol. The fourth-order valence-electron chi connectivity index (χ4n) is 6.53. The number of rotatable bonds is 3. The summed E-state index contributed by atoms with van der Waals surface area (Å²) in [7, 11) is 0. The van der Waals surface area contributed by atoms with Crippen molar-refractivity contribution in [3.63, 3.8) is 0 Å². The third kappa shape index (κ3) is 2.70. The molecule has 0 aromatic rings. The minimum atomic E-state index is -4.18. The molecule has 0 aromatic heterocycles. The van der Waals surface area contributed by atoms with E-state index in [1.165, 1.54) is 31.8 Å². The number of alkyl halides is 3. The first-order valence-corrected chi connectivity index (χ1v) is 10.7. The van der Waals surface area contributed by atoms with E-state index in [-0.39, 0.29) is 18.4 Å². The second-order valence-electron chi connectivity index (χ2n) is 10.1. The van der Waals surface area contributed by atoms with Crippen molar-refractivity contribution in [2.75, 3.05) is 6.54 Å². The molecular weight excluding hydrogens is 365 g/mol. The van der Waals surface area contributed by atoms with Crippen molar-refractivity contribution in [2.45, 2.75) is 70.1 Å². The topological polar surface area (TPSA) is 23.6 Å². The molecule has 1 heterocycles. The maximum Gasteiger partial charge on any atom is 0.395 e. The summed E-state index contributed by atoms with van der Waals surface area (Å²) in [5, 5.41) is 4.11. The number of carbonyl (C=O) groups is 1. The SMILES string of the molecule is CC1(C)C(=O)N(C2CCC3CC4CC2CC34)N1CC1=CCC(C(F)(F)F)C=C1. The van der Waals surface area contributed by atoms with Crippen LogP contribution in [0.3, 0.4) is 0 Å². The Hall–Kier alpha value is -1.30. The summed E-state index contributed by atoms with van der Waals surface area (Å²) in [4.78, 5) is 13.0. The van der Waals surface area contributed by atoms with Gasteiger partial charge >= 0.3 is 6.18 Å². The molecule has 0 spiro atoms. The van der Waals surface area contributed by atoms with E-state index in [1.807, 2.05) is 18.9 Å². The van der Waals surface area contributed by atoms with Crippen LogP contribution in [0.5, 0.6) is 0 Å². The average Bonchev–Trinajstić information content (AvgIpc) is 2.87. The van der Waals surface area contributed by atoms with E-state index in [4.69, 9.17) is 0 Å². The molecule has 1 aliphatic heterocycles. The van der Waals surface area contributed by atoms with E-state index >= 15 is 0 Å². The van der Waals surface area contributed by atoms with Crippen LogP contribution in [0.1, 0.15) is 52.4 Å². The predicted molar refractivity (Wildman–Crippen MR) is 99.8 cm³/mol. The van der Waals surface area contributed by atoms with Crippen LogP contribution in [-0.4, -0.2) is 40.2 Å². The molecule has 6 heteroatoms. The summed E-state index contributed by atoms with van der Waals surface area (Å²) in [6, 6.07) is 0.273. The molecule has 5 aliphatic rings. The number of hydrogen-bond acceptors (Lipinski definition) is 2. The summed E-state index contributed by atoms with van der Waals surface area (Å²) >= 11 is 0. The number of allylic oxidation sites excluding steroid dienone is 2. The lowest BCUT2D eigenvalue weighted by molar-refractivity contribution is -0.228. The molecule has 154 valence electrons. The Morgan fingerprint density at radius 3 is 2.54 bits per heavy atom. The Kier molecular flexibility index (Phi) is 4.08. The van der Waals surface area contributed by atoms with Crippen LogP contribution in [0, 0.1) is 29.6 Å². The van der Waals surface area contributed by atoms with Crippen LogP contribution in [0.15, 0.2) is 23.8 Å². The van der Waals surface area contributed by atoms with Gasteiger partial charge in [-0.15, -0.1) is 0 Å². The zero-order valence-corrected chi connectivity index (χ0v) is 16.6. The van der Waals surface area contributed by atoms with Crippen LogP contribution < -0.4 is 0 Å². The fraction of sp³-hybridized carbons (Fsp3) is 0.773. The van der Waals surface area contributed by atoms with Gasteiger partial charge in [-0.3, -0.25) is 9.80 Å². The van der Waals surface area contributed by atoms with Gasteiger partial charge in [0.2, 0.25) is 0 Å². The molecule has 1 amide bonds. The van der Waals surface area contributed by atoms with Gasteiger partial charge in [0.15, 0.2) is 0 Å². The normalized spacial score (nSPS) is 42.0. The number of halogens is 3. The maximum absolute atomic E-state index is 13.0. The highest BCUT2D eigenvalue weighted by Gasteiger charge is 2.59. The van der Waals surface area contributed by atoms with Gasteiger partial charge < -0.3 is 0 Å². The van der Waals surface area contributed by atoms with Crippen molar-refractivity contribution in [1.29, 1.82) is 0 Å². The summed E-state index contributed by atoms with van der Waals surface area (Å²) in [6.45, 7) is 4.38. The van der Waals surface area contributed by atoms with Crippen molar-refractivity contribution in [3.8, 4) is 0 Å². The molecule has 3 saturated carbocycles. The van der Waals surface area contributed by atoms with Gasteiger partial charge in [-0.2, -0.15) is 18.2 Å². The van der Waals surface area contributed by atoms with Gasteiger partial charge in [-0.05, 0) is 81.6 Å². The lowest BCUT2D eigenvalue weighted by atomic mass is 9.64. The largest absolute Gasteiger partial charge is 0.395 e. The van der Waals surface area contributed by atoms with Crippen LogP contribution in [-0.2, 0) is 4.79 Å². The number of nitrogens with zero attached hydrogens (tertiary/aromatic N) is 2. The molecule has 5 rings (SSSR count). The highest BCUT2D eigenvalue weighted by Crippen LogP contribution is 2.59.